The molecule has 7 heteroatoms. The van der Waals surface area contributed by atoms with Gasteiger partial charge in [-0.2, -0.15) is 15.2 Å². The van der Waals surface area contributed by atoms with Crippen molar-refractivity contribution in [1.82, 2.24) is 0 Å². The minimum Gasteiger partial charge on any atom is -0.370 e. The van der Waals surface area contributed by atoms with Gasteiger partial charge in [0.25, 0.3) is 0 Å². The van der Waals surface area contributed by atoms with Crippen molar-refractivity contribution in [2.75, 3.05) is 0 Å². The number of nitrogens with two attached hydrogens (primary N) is 3. The van der Waals surface area contributed by atoms with E-state index in [0.29, 0.717) is 5.69 Å². The molecule has 0 bridgehead atoms. The number of hydrogen-bond acceptors (Lipinski definition) is 3. The number of guanidine groups is 2. The Morgan fingerprint density at radius 3 is 2.18 bits per heavy atom. The van der Waals surface area contributed by atoms with Gasteiger partial charge in [-0.1, -0.05) is 18.2 Å². The Labute approximate surface area is 128 Å². The summed E-state index contributed by atoms with van der Waals surface area (Å²) in [4.78, 5) is 7.80. The lowest BCUT2D eigenvalue weighted by atomic mass is 10.2. The SMILES string of the molecule is Cc1cc(N=Nc2ccccc2)ccc1N=C(N)N=C(N)N. The summed E-state index contributed by atoms with van der Waals surface area (Å²) >= 11 is 0. The lowest BCUT2D eigenvalue weighted by Gasteiger charge is -2.02. The van der Waals surface area contributed by atoms with Crippen LogP contribution >= 0.6 is 0 Å². The van der Waals surface area contributed by atoms with E-state index in [-0.39, 0.29) is 11.9 Å². The van der Waals surface area contributed by atoms with Crippen LogP contribution in [0.3, 0.4) is 0 Å². The second-order valence-corrected chi connectivity index (χ2v) is 4.51. The summed E-state index contributed by atoms with van der Waals surface area (Å²) in [6.45, 7) is 1.89. The Balaban J connectivity index is 2.20. The molecule has 0 aliphatic heterocycles. The Hall–Kier alpha value is -3.22. The summed E-state index contributed by atoms with van der Waals surface area (Å²) in [6.07, 6.45) is 0. The van der Waals surface area contributed by atoms with Crippen LogP contribution in [0.1, 0.15) is 5.56 Å². The van der Waals surface area contributed by atoms with E-state index < -0.39 is 0 Å². The third-order valence-corrected chi connectivity index (χ3v) is 2.70. The fraction of sp³-hybridized carbons (Fsp3) is 0.0667. The molecule has 22 heavy (non-hydrogen) atoms. The van der Waals surface area contributed by atoms with Crippen LogP contribution in [0.25, 0.3) is 0 Å². The molecule has 0 heterocycles. The lowest BCUT2D eigenvalue weighted by Crippen LogP contribution is -2.26. The summed E-state index contributed by atoms with van der Waals surface area (Å²) in [6, 6.07) is 14.9. The first-order chi connectivity index (χ1) is 10.5. The average Bonchev–Trinajstić information content (AvgIpc) is 2.48. The van der Waals surface area contributed by atoms with Crippen LogP contribution in [0.4, 0.5) is 17.1 Å². The van der Waals surface area contributed by atoms with E-state index in [1.165, 1.54) is 0 Å². The summed E-state index contributed by atoms with van der Waals surface area (Å²) in [7, 11) is 0. The van der Waals surface area contributed by atoms with Crippen molar-refractivity contribution < 1.29 is 0 Å². The molecule has 0 aliphatic rings. The molecule has 112 valence electrons. The number of hydrogen-bond donors (Lipinski definition) is 3. The molecule has 0 atom stereocenters. The van der Waals surface area contributed by atoms with Gasteiger partial charge >= 0.3 is 0 Å². The minimum absolute atomic E-state index is 0.00163. The molecule has 0 radical (unpaired) electrons. The molecule has 2 rings (SSSR count). The largest absolute Gasteiger partial charge is 0.370 e. The van der Waals surface area contributed by atoms with Gasteiger partial charge < -0.3 is 17.2 Å². The second kappa shape index (κ2) is 6.98. The third-order valence-electron chi connectivity index (χ3n) is 2.70. The molecule has 6 N–H and O–H groups in total. The first-order valence-electron chi connectivity index (χ1n) is 6.56. The van der Waals surface area contributed by atoms with Gasteiger partial charge in [-0.05, 0) is 42.8 Å². The van der Waals surface area contributed by atoms with E-state index in [0.717, 1.165) is 16.9 Å². The summed E-state index contributed by atoms with van der Waals surface area (Å²) in [5.74, 6) is -0.131. The molecule has 0 aliphatic carbocycles. The van der Waals surface area contributed by atoms with Crippen molar-refractivity contribution in [3.8, 4) is 0 Å². The fourth-order valence-electron chi connectivity index (χ4n) is 1.72. The molecule has 0 saturated heterocycles. The predicted molar refractivity (Wildman–Crippen MR) is 88.9 cm³/mol. The van der Waals surface area contributed by atoms with Crippen molar-refractivity contribution >= 4 is 29.0 Å². The van der Waals surface area contributed by atoms with Gasteiger partial charge in [-0.25, -0.2) is 4.99 Å². The maximum Gasteiger partial charge on any atom is 0.223 e. The molecule has 0 saturated carbocycles. The zero-order valence-electron chi connectivity index (χ0n) is 12.1. The van der Waals surface area contributed by atoms with Gasteiger partial charge in [0.1, 0.15) is 0 Å². The normalized spacial score (nSPS) is 11.6. The first-order valence-corrected chi connectivity index (χ1v) is 6.56. The van der Waals surface area contributed by atoms with Crippen molar-refractivity contribution in [1.29, 1.82) is 0 Å². The highest BCUT2D eigenvalue weighted by atomic mass is 15.1. The number of rotatable bonds is 3. The van der Waals surface area contributed by atoms with Crippen molar-refractivity contribution in [2.45, 2.75) is 6.92 Å². The first kappa shape index (κ1) is 15.2. The quantitative estimate of drug-likeness (QED) is 0.457. The Morgan fingerprint density at radius 1 is 0.864 bits per heavy atom. The smallest absolute Gasteiger partial charge is 0.223 e. The van der Waals surface area contributed by atoms with Gasteiger partial charge in [0.15, 0.2) is 5.96 Å². The van der Waals surface area contributed by atoms with Crippen molar-refractivity contribution in [3.63, 3.8) is 0 Å². The van der Waals surface area contributed by atoms with Gasteiger partial charge in [0.2, 0.25) is 5.96 Å². The van der Waals surface area contributed by atoms with Crippen LogP contribution in [0.15, 0.2) is 68.7 Å². The monoisotopic (exact) mass is 295 g/mol. The van der Waals surface area contributed by atoms with E-state index in [9.17, 15) is 0 Å². The molecule has 0 unspecified atom stereocenters. The molecular formula is C15H17N7. The minimum atomic E-state index is -0.132. The fourth-order valence-corrected chi connectivity index (χ4v) is 1.72. The van der Waals surface area contributed by atoms with E-state index in [2.05, 4.69) is 20.2 Å². The third kappa shape index (κ3) is 4.41. The standard InChI is InChI=1S/C15H17N7/c1-10-9-12(22-21-11-5-3-2-4-6-11)7-8-13(10)19-15(18)20-14(16)17/h2-9H,1H3,(H6,16,17,18,19,20). The molecule has 0 spiro atoms. The van der Waals surface area contributed by atoms with Gasteiger partial charge in [-0.15, -0.1) is 0 Å². The van der Waals surface area contributed by atoms with Crippen LogP contribution < -0.4 is 17.2 Å². The summed E-state index contributed by atoms with van der Waals surface area (Å²) in [5, 5.41) is 8.34. The number of aryl methyl sites for hydroxylation is 1. The van der Waals surface area contributed by atoms with Crippen LogP contribution in [-0.4, -0.2) is 11.9 Å². The number of nitrogens with zero attached hydrogens (tertiary/aromatic N) is 4. The molecule has 0 amide bonds. The van der Waals surface area contributed by atoms with E-state index in [1.807, 2.05) is 43.3 Å². The van der Waals surface area contributed by atoms with E-state index >= 15 is 0 Å². The van der Waals surface area contributed by atoms with E-state index in [1.54, 1.807) is 12.1 Å². The highest BCUT2D eigenvalue weighted by Crippen LogP contribution is 2.25. The van der Waals surface area contributed by atoms with Crippen LogP contribution in [-0.2, 0) is 0 Å². The Bertz CT molecular complexity index is 729. The zero-order chi connectivity index (χ0) is 15.9. The Kier molecular flexibility index (Phi) is 4.81. The van der Waals surface area contributed by atoms with E-state index in [4.69, 9.17) is 17.2 Å². The topological polar surface area (TPSA) is 127 Å². The van der Waals surface area contributed by atoms with Crippen LogP contribution in [0.5, 0.6) is 0 Å². The molecule has 2 aromatic rings. The average molecular weight is 295 g/mol. The van der Waals surface area contributed by atoms with Gasteiger partial charge in [0, 0.05) is 0 Å². The lowest BCUT2D eigenvalue weighted by molar-refractivity contribution is 1.22. The summed E-state index contributed by atoms with van der Waals surface area (Å²) in [5.41, 5.74) is 19.2. The summed E-state index contributed by atoms with van der Waals surface area (Å²) < 4.78 is 0. The van der Waals surface area contributed by atoms with Crippen LogP contribution in [0, 0.1) is 6.92 Å². The number of azo groups is 1. The molecular weight excluding hydrogens is 278 g/mol. The Morgan fingerprint density at radius 2 is 1.55 bits per heavy atom. The van der Waals surface area contributed by atoms with Crippen molar-refractivity contribution in [3.05, 3.63) is 54.1 Å². The van der Waals surface area contributed by atoms with Crippen molar-refractivity contribution in [2.24, 2.45) is 37.4 Å². The zero-order valence-corrected chi connectivity index (χ0v) is 12.1. The highest BCUT2D eigenvalue weighted by Gasteiger charge is 2.00. The maximum atomic E-state index is 5.61. The predicted octanol–water partition coefficient (Wildman–Crippen LogP) is 2.63. The maximum absolute atomic E-state index is 5.61. The van der Waals surface area contributed by atoms with Gasteiger partial charge in [0.05, 0.1) is 17.1 Å². The highest BCUT2D eigenvalue weighted by molar-refractivity contribution is 5.93. The second-order valence-electron chi connectivity index (χ2n) is 4.51. The number of aliphatic imine (C=N–C) groups is 2. The molecule has 0 fully saturated rings. The molecule has 0 aromatic heterocycles. The number of benzene rings is 2. The van der Waals surface area contributed by atoms with Crippen LogP contribution in [0.2, 0.25) is 0 Å². The molecule has 7 nitrogen and oxygen atoms in total. The van der Waals surface area contributed by atoms with Gasteiger partial charge in [-0.3, -0.25) is 0 Å². The molecule has 2 aromatic carbocycles.